The van der Waals surface area contributed by atoms with Crippen LogP contribution in [0.4, 0.5) is 5.69 Å². The Balaban J connectivity index is 2.26. The van der Waals surface area contributed by atoms with Gasteiger partial charge in [-0.2, -0.15) is 0 Å². The molecule has 6 heteroatoms. The number of likely N-dealkylation sites (N-methyl/N-ethyl adjacent to an activating group) is 1. The topological polar surface area (TPSA) is 75.4 Å². The number of anilines is 1. The minimum atomic E-state index is -3.53. The van der Waals surface area contributed by atoms with Gasteiger partial charge in [-0.15, -0.1) is 0 Å². The van der Waals surface area contributed by atoms with Crippen molar-refractivity contribution in [2.24, 2.45) is 0 Å². The van der Waals surface area contributed by atoms with Crippen LogP contribution >= 0.6 is 0 Å². The molecule has 3 N–H and O–H groups in total. The van der Waals surface area contributed by atoms with E-state index in [0.29, 0.717) is 11.3 Å². The van der Waals surface area contributed by atoms with Gasteiger partial charge in [0.1, 0.15) is 4.90 Å². The fraction of sp³-hybridized carbons (Fsp3) is 0.500. The summed E-state index contributed by atoms with van der Waals surface area (Å²) in [5.74, 6) is 0. The van der Waals surface area contributed by atoms with Crippen LogP contribution in [-0.2, 0) is 10.0 Å². The molecule has 1 aromatic rings. The third kappa shape index (κ3) is 2.66. The van der Waals surface area contributed by atoms with Gasteiger partial charge < -0.3 is 10.6 Å². The van der Waals surface area contributed by atoms with E-state index in [-0.39, 0.29) is 10.9 Å². The van der Waals surface area contributed by atoms with Gasteiger partial charge in [-0.3, -0.25) is 0 Å². The Morgan fingerprint density at radius 3 is 2.72 bits per heavy atom. The molecule has 0 amide bonds. The van der Waals surface area contributed by atoms with E-state index >= 15 is 0 Å². The van der Waals surface area contributed by atoms with Crippen LogP contribution in [0.3, 0.4) is 0 Å². The molecule has 1 heterocycles. The molecule has 1 aromatic carbocycles. The summed E-state index contributed by atoms with van der Waals surface area (Å²) in [5.41, 5.74) is 6.75. The molecule has 1 atom stereocenters. The van der Waals surface area contributed by atoms with Crippen molar-refractivity contribution < 1.29 is 8.42 Å². The van der Waals surface area contributed by atoms with Crippen molar-refractivity contribution in [3.63, 3.8) is 0 Å². The second-order valence-corrected chi connectivity index (χ2v) is 6.51. The average Bonchev–Trinajstić information content (AvgIpc) is 2.62. The number of sulfonamides is 1. The second-order valence-electron chi connectivity index (χ2n) is 4.86. The van der Waals surface area contributed by atoms with E-state index in [0.717, 1.165) is 19.5 Å². The number of nitrogen functional groups attached to an aromatic ring is 1. The van der Waals surface area contributed by atoms with Crippen molar-refractivity contribution in [2.45, 2.75) is 24.3 Å². The number of rotatable bonds is 3. The molecule has 1 unspecified atom stereocenters. The molecule has 1 aliphatic heterocycles. The Labute approximate surface area is 108 Å². The third-order valence-electron chi connectivity index (χ3n) is 3.22. The molecule has 1 saturated heterocycles. The SMILES string of the molecule is Cc1cccc(N)c1S(=O)(=O)NC1CCN(C)C1. The number of likely N-dealkylation sites (tertiary alicyclic amines) is 1. The van der Waals surface area contributed by atoms with Crippen molar-refractivity contribution in [1.82, 2.24) is 9.62 Å². The van der Waals surface area contributed by atoms with Crippen molar-refractivity contribution in [1.29, 1.82) is 0 Å². The van der Waals surface area contributed by atoms with Crippen molar-refractivity contribution in [3.05, 3.63) is 23.8 Å². The second kappa shape index (κ2) is 4.87. The zero-order valence-corrected chi connectivity index (χ0v) is 11.5. The first-order chi connectivity index (χ1) is 8.40. The highest BCUT2D eigenvalue weighted by Crippen LogP contribution is 2.23. The van der Waals surface area contributed by atoms with E-state index in [1.165, 1.54) is 0 Å². The van der Waals surface area contributed by atoms with Gasteiger partial charge in [0.05, 0.1) is 5.69 Å². The van der Waals surface area contributed by atoms with Gasteiger partial charge >= 0.3 is 0 Å². The van der Waals surface area contributed by atoms with Crippen LogP contribution in [0.25, 0.3) is 0 Å². The summed E-state index contributed by atoms with van der Waals surface area (Å²) >= 11 is 0. The molecule has 1 aliphatic rings. The lowest BCUT2D eigenvalue weighted by atomic mass is 10.2. The largest absolute Gasteiger partial charge is 0.398 e. The summed E-state index contributed by atoms with van der Waals surface area (Å²) in [6.07, 6.45) is 0.835. The Hall–Kier alpha value is -1.11. The average molecular weight is 269 g/mol. The maximum Gasteiger partial charge on any atom is 0.243 e. The Kier molecular flexibility index (Phi) is 3.61. The van der Waals surface area contributed by atoms with Gasteiger partial charge in [0.2, 0.25) is 10.0 Å². The first-order valence-electron chi connectivity index (χ1n) is 5.96. The van der Waals surface area contributed by atoms with Gasteiger partial charge in [-0.25, -0.2) is 13.1 Å². The molecule has 0 bridgehead atoms. The Morgan fingerprint density at radius 2 is 2.17 bits per heavy atom. The zero-order chi connectivity index (χ0) is 13.3. The first-order valence-corrected chi connectivity index (χ1v) is 7.44. The Bertz CT molecular complexity index is 522. The van der Waals surface area contributed by atoms with Gasteiger partial charge in [0.25, 0.3) is 0 Å². The highest BCUT2D eigenvalue weighted by Gasteiger charge is 2.27. The predicted octanol–water partition coefficient (Wildman–Crippen LogP) is 0.560. The number of nitrogens with one attached hydrogen (secondary N) is 1. The predicted molar refractivity (Wildman–Crippen MR) is 71.8 cm³/mol. The normalized spacial score (nSPS) is 21.3. The summed E-state index contributed by atoms with van der Waals surface area (Å²) < 4.78 is 27.4. The van der Waals surface area contributed by atoms with Gasteiger partial charge in [-0.1, -0.05) is 12.1 Å². The maximum atomic E-state index is 12.3. The molecular formula is C12H19N3O2S. The molecule has 0 aromatic heterocycles. The van der Waals surface area contributed by atoms with Crippen LogP contribution in [0, 0.1) is 6.92 Å². The smallest absolute Gasteiger partial charge is 0.243 e. The number of nitrogens with zero attached hydrogens (tertiary/aromatic N) is 1. The summed E-state index contributed by atoms with van der Waals surface area (Å²) in [5, 5.41) is 0. The Morgan fingerprint density at radius 1 is 1.44 bits per heavy atom. The zero-order valence-electron chi connectivity index (χ0n) is 10.7. The van der Waals surface area contributed by atoms with E-state index in [1.807, 2.05) is 7.05 Å². The minimum absolute atomic E-state index is 0.0287. The summed E-state index contributed by atoms with van der Waals surface area (Å²) in [4.78, 5) is 2.31. The standard InChI is InChI=1S/C12H19N3O2S/c1-9-4-3-5-11(13)12(9)18(16,17)14-10-6-7-15(2)8-10/h3-5,10,14H,6-8,13H2,1-2H3. The van der Waals surface area contributed by atoms with Crippen LogP contribution in [0.1, 0.15) is 12.0 Å². The highest BCUT2D eigenvalue weighted by molar-refractivity contribution is 7.89. The maximum absolute atomic E-state index is 12.3. The summed E-state index contributed by atoms with van der Waals surface area (Å²) in [6, 6.07) is 5.10. The molecule has 0 saturated carbocycles. The lowest BCUT2D eigenvalue weighted by Crippen LogP contribution is -2.37. The summed E-state index contributed by atoms with van der Waals surface area (Å²) in [6.45, 7) is 3.41. The molecule has 18 heavy (non-hydrogen) atoms. The lowest BCUT2D eigenvalue weighted by Gasteiger charge is -2.16. The van der Waals surface area contributed by atoms with Crippen LogP contribution in [-0.4, -0.2) is 39.5 Å². The molecule has 5 nitrogen and oxygen atoms in total. The van der Waals surface area contributed by atoms with E-state index in [4.69, 9.17) is 5.73 Å². The molecule has 100 valence electrons. The minimum Gasteiger partial charge on any atom is -0.398 e. The van der Waals surface area contributed by atoms with E-state index < -0.39 is 10.0 Å². The molecule has 2 rings (SSSR count). The number of benzene rings is 1. The van der Waals surface area contributed by atoms with Gasteiger partial charge in [-0.05, 0) is 38.6 Å². The van der Waals surface area contributed by atoms with Gasteiger partial charge in [0, 0.05) is 12.6 Å². The van der Waals surface area contributed by atoms with Crippen LogP contribution in [0.5, 0.6) is 0 Å². The molecule has 0 aliphatic carbocycles. The summed E-state index contributed by atoms with van der Waals surface area (Å²) in [7, 11) is -1.55. The fourth-order valence-corrected chi connectivity index (χ4v) is 3.97. The molecule has 0 spiro atoms. The third-order valence-corrected chi connectivity index (χ3v) is 4.96. The molecular weight excluding hydrogens is 250 g/mol. The number of nitrogens with two attached hydrogens (primary N) is 1. The number of hydrogen-bond donors (Lipinski definition) is 2. The first kappa shape index (κ1) is 13.3. The van der Waals surface area contributed by atoms with Crippen molar-refractivity contribution >= 4 is 15.7 Å². The molecule has 0 radical (unpaired) electrons. The number of aryl methyl sites for hydroxylation is 1. The monoisotopic (exact) mass is 269 g/mol. The van der Waals surface area contributed by atoms with Crippen LogP contribution in [0.2, 0.25) is 0 Å². The van der Waals surface area contributed by atoms with E-state index in [1.54, 1.807) is 25.1 Å². The van der Waals surface area contributed by atoms with E-state index in [9.17, 15) is 8.42 Å². The number of hydrogen-bond acceptors (Lipinski definition) is 4. The highest BCUT2D eigenvalue weighted by atomic mass is 32.2. The van der Waals surface area contributed by atoms with Crippen LogP contribution < -0.4 is 10.5 Å². The molecule has 1 fully saturated rings. The van der Waals surface area contributed by atoms with Crippen LogP contribution in [0.15, 0.2) is 23.1 Å². The van der Waals surface area contributed by atoms with Crippen molar-refractivity contribution in [3.8, 4) is 0 Å². The van der Waals surface area contributed by atoms with E-state index in [2.05, 4.69) is 9.62 Å². The quantitative estimate of drug-likeness (QED) is 0.786. The van der Waals surface area contributed by atoms with Crippen molar-refractivity contribution in [2.75, 3.05) is 25.9 Å². The van der Waals surface area contributed by atoms with Gasteiger partial charge in [0.15, 0.2) is 0 Å². The lowest BCUT2D eigenvalue weighted by molar-refractivity contribution is 0.407. The fourth-order valence-electron chi connectivity index (χ4n) is 2.35.